The largest absolute Gasteiger partial charge is 0.444 e. The van der Waals surface area contributed by atoms with Gasteiger partial charge in [-0.05, 0) is 57.4 Å². The van der Waals surface area contributed by atoms with Gasteiger partial charge in [-0.25, -0.2) is 4.79 Å². The molecule has 4 nitrogen and oxygen atoms in total. The molecule has 0 bridgehead atoms. The van der Waals surface area contributed by atoms with Crippen molar-refractivity contribution in [2.45, 2.75) is 58.2 Å². The maximum absolute atomic E-state index is 12.3. The molecule has 1 N–H and O–H groups in total. The molecule has 24 heavy (non-hydrogen) atoms. The van der Waals surface area contributed by atoms with E-state index >= 15 is 0 Å². The van der Waals surface area contributed by atoms with E-state index in [9.17, 15) is 4.79 Å². The van der Waals surface area contributed by atoms with Crippen LogP contribution in [-0.2, 0) is 11.3 Å². The average Bonchev–Trinajstić information content (AvgIpc) is 2.94. The highest BCUT2D eigenvalue weighted by Crippen LogP contribution is 2.38. The molecule has 3 rings (SSSR count). The van der Waals surface area contributed by atoms with E-state index in [-0.39, 0.29) is 6.09 Å². The molecule has 2 aliphatic rings. The van der Waals surface area contributed by atoms with Crippen molar-refractivity contribution in [1.82, 2.24) is 10.2 Å². The van der Waals surface area contributed by atoms with Crippen LogP contribution in [0, 0.1) is 11.8 Å². The summed E-state index contributed by atoms with van der Waals surface area (Å²) in [5, 5.41) is 3.70. The highest BCUT2D eigenvalue weighted by molar-refractivity contribution is 5.68. The standard InChI is InChI=1S/C20H30N2O2/c1-20(2,3)24-19(23)22-10-9-16-11-18(12-17(16)14-22)21-13-15-7-5-4-6-8-15/h4-8,16-18,21H,9-14H2,1-3H3. The lowest BCUT2D eigenvalue weighted by molar-refractivity contribution is 0.0127. The second-order valence-electron chi connectivity index (χ2n) is 8.27. The van der Waals surface area contributed by atoms with Crippen LogP contribution in [-0.4, -0.2) is 35.7 Å². The van der Waals surface area contributed by atoms with Crippen LogP contribution >= 0.6 is 0 Å². The summed E-state index contributed by atoms with van der Waals surface area (Å²) in [6.45, 7) is 8.40. The average molecular weight is 330 g/mol. The minimum atomic E-state index is -0.413. The van der Waals surface area contributed by atoms with Crippen LogP contribution in [0.15, 0.2) is 30.3 Å². The van der Waals surface area contributed by atoms with Crippen molar-refractivity contribution in [3.8, 4) is 0 Å². The molecule has 0 aromatic heterocycles. The summed E-state index contributed by atoms with van der Waals surface area (Å²) < 4.78 is 5.53. The Morgan fingerprint density at radius 1 is 1.21 bits per heavy atom. The SMILES string of the molecule is CC(C)(C)OC(=O)N1CCC2CC(NCc3ccccc3)CC2C1. The maximum atomic E-state index is 12.3. The molecule has 4 heteroatoms. The van der Waals surface area contributed by atoms with Gasteiger partial charge in [0.05, 0.1) is 0 Å². The number of rotatable bonds is 3. The van der Waals surface area contributed by atoms with Crippen LogP contribution in [0.25, 0.3) is 0 Å². The van der Waals surface area contributed by atoms with Crippen LogP contribution in [0.5, 0.6) is 0 Å². The summed E-state index contributed by atoms with van der Waals surface area (Å²) in [4.78, 5) is 14.2. The highest BCUT2D eigenvalue weighted by Gasteiger charge is 2.39. The zero-order valence-corrected chi connectivity index (χ0v) is 15.1. The van der Waals surface area contributed by atoms with E-state index in [2.05, 4.69) is 35.6 Å². The number of carbonyl (C=O) groups excluding carboxylic acids is 1. The minimum absolute atomic E-state index is 0.151. The molecule has 1 amide bonds. The van der Waals surface area contributed by atoms with Crippen molar-refractivity contribution in [2.75, 3.05) is 13.1 Å². The molecule has 1 heterocycles. The maximum Gasteiger partial charge on any atom is 0.410 e. The van der Waals surface area contributed by atoms with Gasteiger partial charge < -0.3 is 15.0 Å². The van der Waals surface area contributed by atoms with Gasteiger partial charge in [0.15, 0.2) is 0 Å². The summed E-state index contributed by atoms with van der Waals surface area (Å²) in [6.07, 6.45) is 3.35. The van der Waals surface area contributed by atoms with E-state index in [0.717, 1.165) is 38.4 Å². The van der Waals surface area contributed by atoms with Crippen molar-refractivity contribution < 1.29 is 9.53 Å². The number of hydrogen-bond acceptors (Lipinski definition) is 3. The number of nitrogens with zero attached hydrogens (tertiary/aromatic N) is 1. The number of carbonyl (C=O) groups is 1. The molecule has 1 aliphatic carbocycles. The molecule has 2 fully saturated rings. The number of amides is 1. The third-order valence-electron chi connectivity index (χ3n) is 5.16. The highest BCUT2D eigenvalue weighted by atomic mass is 16.6. The minimum Gasteiger partial charge on any atom is -0.444 e. The van der Waals surface area contributed by atoms with Gasteiger partial charge in [-0.2, -0.15) is 0 Å². The van der Waals surface area contributed by atoms with E-state index < -0.39 is 5.60 Å². The second kappa shape index (κ2) is 7.14. The van der Waals surface area contributed by atoms with Crippen molar-refractivity contribution in [1.29, 1.82) is 0 Å². The smallest absolute Gasteiger partial charge is 0.410 e. The first-order valence-electron chi connectivity index (χ1n) is 9.16. The normalized spacial score (nSPS) is 27.0. The molecule has 1 aromatic rings. The fourth-order valence-electron chi connectivity index (χ4n) is 4.00. The topological polar surface area (TPSA) is 41.6 Å². The summed E-state index contributed by atoms with van der Waals surface area (Å²) in [5.74, 6) is 1.36. The predicted octanol–water partition coefficient (Wildman–Crippen LogP) is 3.81. The lowest BCUT2D eigenvalue weighted by Gasteiger charge is -2.35. The number of fused-ring (bicyclic) bond motifs is 1. The molecule has 1 saturated heterocycles. The quantitative estimate of drug-likeness (QED) is 0.916. The molecule has 1 aromatic carbocycles. The van der Waals surface area contributed by atoms with Crippen LogP contribution < -0.4 is 5.32 Å². The fraction of sp³-hybridized carbons (Fsp3) is 0.650. The van der Waals surface area contributed by atoms with Crippen molar-refractivity contribution in [3.05, 3.63) is 35.9 Å². The van der Waals surface area contributed by atoms with Crippen molar-refractivity contribution in [2.24, 2.45) is 11.8 Å². The molecule has 3 unspecified atom stereocenters. The van der Waals surface area contributed by atoms with Crippen molar-refractivity contribution >= 4 is 6.09 Å². The Morgan fingerprint density at radius 3 is 2.62 bits per heavy atom. The van der Waals surface area contributed by atoms with Gasteiger partial charge >= 0.3 is 6.09 Å². The molecule has 3 atom stereocenters. The molecule has 0 radical (unpaired) electrons. The van der Waals surface area contributed by atoms with Crippen LogP contribution in [0.2, 0.25) is 0 Å². The Balaban J connectivity index is 1.48. The Labute approximate surface area is 145 Å². The number of ether oxygens (including phenoxy) is 1. The Morgan fingerprint density at radius 2 is 1.92 bits per heavy atom. The van der Waals surface area contributed by atoms with Gasteiger partial charge in [0, 0.05) is 25.7 Å². The number of likely N-dealkylation sites (tertiary alicyclic amines) is 1. The number of piperidine rings is 1. The Bertz CT molecular complexity index is 553. The monoisotopic (exact) mass is 330 g/mol. The van der Waals surface area contributed by atoms with Crippen LogP contribution in [0.1, 0.15) is 45.6 Å². The third-order valence-corrected chi connectivity index (χ3v) is 5.16. The summed E-state index contributed by atoms with van der Waals surface area (Å²) in [6, 6.07) is 11.1. The van der Waals surface area contributed by atoms with Gasteiger partial charge in [-0.15, -0.1) is 0 Å². The molecule has 1 aliphatic heterocycles. The van der Waals surface area contributed by atoms with E-state index in [4.69, 9.17) is 4.74 Å². The predicted molar refractivity (Wildman–Crippen MR) is 95.7 cm³/mol. The molecule has 132 valence electrons. The van der Waals surface area contributed by atoms with E-state index in [1.807, 2.05) is 25.7 Å². The van der Waals surface area contributed by atoms with E-state index in [1.165, 1.54) is 12.0 Å². The number of benzene rings is 1. The van der Waals surface area contributed by atoms with Gasteiger partial charge in [0.1, 0.15) is 5.60 Å². The van der Waals surface area contributed by atoms with Gasteiger partial charge in [-0.3, -0.25) is 0 Å². The first-order valence-corrected chi connectivity index (χ1v) is 9.16. The van der Waals surface area contributed by atoms with Crippen LogP contribution in [0.4, 0.5) is 4.79 Å². The molecule has 0 spiro atoms. The number of hydrogen-bond donors (Lipinski definition) is 1. The molecule has 1 saturated carbocycles. The van der Waals surface area contributed by atoms with Gasteiger partial charge in [0.2, 0.25) is 0 Å². The van der Waals surface area contributed by atoms with E-state index in [1.54, 1.807) is 0 Å². The van der Waals surface area contributed by atoms with Gasteiger partial charge in [-0.1, -0.05) is 30.3 Å². The Kier molecular flexibility index (Phi) is 5.14. The molecular formula is C20H30N2O2. The summed E-state index contributed by atoms with van der Waals surface area (Å²) in [5.41, 5.74) is 0.923. The van der Waals surface area contributed by atoms with Crippen LogP contribution in [0.3, 0.4) is 0 Å². The third kappa shape index (κ3) is 4.50. The lowest BCUT2D eigenvalue weighted by Crippen LogP contribution is -2.44. The lowest BCUT2D eigenvalue weighted by atomic mass is 9.89. The zero-order valence-electron chi connectivity index (χ0n) is 15.1. The summed E-state index contributed by atoms with van der Waals surface area (Å²) >= 11 is 0. The first-order chi connectivity index (χ1) is 11.4. The summed E-state index contributed by atoms with van der Waals surface area (Å²) in [7, 11) is 0. The number of nitrogens with one attached hydrogen (secondary N) is 1. The van der Waals surface area contributed by atoms with Gasteiger partial charge in [0.25, 0.3) is 0 Å². The first kappa shape index (κ1) is 17.3. The Hall–Kier alpha value is -1.55. The van der Waals surface area contributed by atoms with E-state index in [0.29, 0.717) is 12.0 Å². The fourth-order valence-corrected chi connectivity index (χ4v) is 4.00. The molecular weight excluding hydrogens is 300 g/mol. The second-order valence-corrected chi connectivity index (χ2v) is 8.27. The van der Waals surface area contributed by atoms with Crippen molar-refractivity contribution in [3.63, 3.8) is 0 Å². The zero-order chi connectivity index (χ0) is 17.2.